The predicted molar refractivity (Wildman–Crippen MR) is 111 cm³/mol. The number of aryl methyl sites for hydroxylation is 1. The maximum atomic E-state index is 12.3. The molecule has 0 aliphatic heterocycles. The molecule has 0 atom stereocenters. The molecule has 4 rings (SSSR count). The fraction of sp³-hybridized carbons (Fsp3) is 0.0909. The zero-order chi connectivity index (χ0) is 18.8. The monoisotopic (exact) mass is 375 g/mol. The van der Waals surface area contributed by atoms with Crippen LogP contribution in [0.15, 0.2) is 80.8 Å². The summed E-state index contributed by atoms with van der Waals surface area (Å²) in [5, 5.41) is 6.05. The molecule has 0 radical (unpaired) electrons. The van der Waals surface area contributed by atoms with E-state index in [2.05, 4.69) is 29.6 Å². The molecule has 1 aromatic heterocycles. The van der Waals surface area contributed by atoms with E-state index in [-0.39, 0.29) is 5.91 Å². The lowest BCUT2D eigenvalue weighted by molar-refractivity contribution is -0.113. The largest absolute Gasteiger partial charge is 0.423 e. The average molecular weight is 375 g/mol. The van der Waals surface area contributed by atoms with Crippen molar-refractivity contribution in [2.24, 2.45) is 0 Å². The number of rotatable bonds is 4. The Balaban J connectivity index is 1.45. The van der Waals surface area contributed by atoms with Crippen LogP contribution in [-0.2, 0) is 4.79 Å². The molecule has 5 heteroatoms. The number of anilines is 1. The Morgan fingerprint density at radius 2 is 1.81 bits per heavy atom. The first-order valence-corrected chi connectivity index (χ1v) is 9.53. The van der Waals surface area contributed by atoms with Crippen LogP contribution < -0.4 is 10.9 Å². The van der Waals surface area contributed by atoms with E-state index >= 15 is 0 Å². The summed E-state index contributed by atoms with van der Waals surface area (Å²) in [6.07, 6.45) is 0. The van der Waals surface area contributed by atoms with Gasteiger partial charge < -0.3 is 9.73 Å². The number of fused-ring (bicyclic) bond motifs is 2. The van der Waals surface area contributed by atoms with Gasteiger partial charge in [-0.1, -0.05) is 30.3 Å². The molecule has 0 unspecified atom stereocenters. The first kappa shape index (κ1) is 17.4. The lowest BCUT2D eigenvalue weighted by Gasteiger charge is -2.07. The van der Waals surface area contributed by atoms with E-state index in [1.165, 1.54) is 23.2 Å². The van der Waals surface area contributed by atoms with E-state index in [1.54, 1.807) is 6.07 Å². The first-order valence-electron chi connectivity index (χ1n) is 8.54. The van der Waals surface area contributed by atoms with Crippen LogP contribution in [0.1, 0.15) is 5.56 Å². The number of hydrogen-bond acceptors (Lipinski definition) is 4. The Labute approximate surface area is 160 Å². The van der Waals surface area contributed by atoms with Crippen LogP contribution in [0.25, 0.3) is 21.7 Å². The third kappa shape index (κ3) is 3.88. The van der Waals surface area contributed by atoms with E-state index in [1.807, 2.05) is 37.3 Å². The topological polar surface area (TPSA) is 59.3 Å². The second-order valence-electron chi connectivity index (χ2n) is 6.31. The first-order chi connectivity index (χ1) is 13.1. The molecule has 4 aromatic rings. The molecule has 0 saturated carbocycles. The van der Waals surface area contributed by atoms with Gasteiger partial charge in [0.2, 0.25) is 5.91 Å². The Morgan fingerprint density at radius 1 is 1.00 bits per heavy atom. The summed E-state index contributed by atoms with van der Waals surface area (Å²) >= 11 is 1.49. The summed E-state index contributed by atoms with van der Waals surface area (Å²) < 4.78 is 5.22. The van der Waals surface area contributed by atoms with Crippen LogP contribution in [0.3, 0.4) is 0 Å². The van der Waals surface area contributed by atoms with E-state index in [0.29, 0.717) is 17.0 Å². The van der Waals surface area contributed by atoms with Crippen molar-refractivity contribution >= 4 is 45.1 Å². The summed E-state index contributed by atoms with van der Waals surface area (Å²) in [6, 6.07) is 21.1. The number of thioether (sulfide) groups is 1. The lowest BCUT2D eigenvalue weighted by atomic mass is 10.1. The fourth-order valence-electron chi connectivity index (χ4n) is 3.01. The smallest absolute Gasteiger partial charge is 0.336 e. The van der Waals surface area contributed by atoms with Gasteiger partial charge in [0, 0.05) is 28.1 Å². The molecule has 1 amide bonds. The maximum absolute atomic E-state index is 12.3. The van der Waals surface area contributed by atoms with Crippen LogP contribution >= 0.6 is 11.8 Å². The highest BCUT2D eigenvalue weighted by Crippen LogP contribution is 2.24. The summed E-state index contributed by atoms with van der Waals surface area (Å²) in [7, 11) is 0. The highest BCUT2D eigenvalue weighted by Gasteiger charge is 2.07. The number of benzene rings is 3. The number of nitrogens with one attached hydrogen (secondary N) is 1. The second-order valence-corrected chi connectivity index (χ2v) is 7.35. The van der Waals surface area contributed by atoms with Crippen molar-refractivity contribution in [3.63, 3.8) is 0 Å². The van der Waals surface area contributed by atoms with Gasteiger partial charge in [-0.05, 0) is 47.5 Å². The minimum atomic E-state index is -0.393. The standard InChI is InChI=1S/C22H17NO3S/c1-14-10-22(25)26-20-12-17(7-9-19(14)20)23-21(24)13-27-18-8-6-15-4-2-3-5-16(15)11-18/h2-12H,13H2,1H3,(H,23,24). The molecule has 0 aliphatic rings. The lowest BCUT2D eigenvalue weighted by Crippen LogP contribution is -2.14. The van der Waals surface area contributed by atoms with Gasteiger partial charge in [0.15, 0.2) is 0 Å². The van der Waals surface area contributed by atoms with Crippen molar-refractivity contribution in [3.05, 3.63) is 82.7 Å². The highest BCUT2D eigenvalue weighted by molar-refractivity contribution is 8.00. The van der Waals surface area contributed by atoms with Crippen molar-refractivity contribution in [1.29, 1.82) is 0 Å². The van der Waals surface area contributed by atoms with E-state index < -0.39 is 5.63 Å². The van der Waals surface area contributed by atoms with Crippen LogP contribution in [0.2, 0.25) is 0 Å². The number of carbonyl (C=O) groups excluding carboxylic acids is 1. The number of amides is 1. The minimum Gasteiger partial charge on any atom is -0.423 e. The van der Waals surface area contributed by atoms with Crippen molar-refractivity contribution in [2.45, 2.75) is 11.8 Å². The van der Waals surface area contributed by atoms with Crippen molar-refractivity contribution in [3.8, 4) is 0 Å². The Bertz CT molecular complexity index is 1210. The van der Waals surface area contributed by atoms with Gasteiger partial charge in [0.05, 0.1) is 5.75 Å². The van der Waals surface area contributed by atoms with Crippen molar-refractivity contribution in [2.75, 3.05) is 11.1 Å². The molecule has 1 heterocycles. The molecular weight excluding hydrogens is 358 g/mol. The SMILES string of the molecule is Cc1cc(=O)oc2cc(NC(=O)CSc3ccc4ccccc4c3)ccc12. The maximum Gasteiger partial charge on any atom is 0.336 e. The summed E-state index contributed by atoms with van der Waals surface area (Å²) in [6.45, 7) is 1.86. The zero-order valence-electron chi connectivity index (χ0n) is 14.7. The summed E-state index contributed by atoms with van der Waals surface area (Å²) in [5.74, 6) is 0.191. The van der Waals surface area contributed by atoms with Crippen molar-refractivity contribution in [1.82, 2.24) is 0 Å². The Kier molecular flexibility index (Phi) is 4.69. The van der Waals surface area contributed by atoms with Gasteiger partial charge in [0.1, 0.15) is 5.58 Å². The third-order valence-corrected chi connectivity index (χ3v) is 5.32. The Morgan fingerprint density at radius 3 is 2.67 bits per heavy atom. The molecule has 1 N–H and O–H groups in total. The molecule has 0 bridgehead atoms. The van der Waals surface area contributed by atoms with Gasteiger partial charge in [-0.15, -0.1) is 11.8 Å². The average Bonchev–Trinajstić information content (AvgIpc) is 2.66. The van der Waals surface area contributed by atoms with Gasteiger partial charge in [-0.2, -0.15) is 0 Å². The molecule has 134 valence electrons. The second kappa shape index (κ2) is 7.29. The van der Waals surface area contributed by atoms with Gasteiger partial charge in [0.25, 0.3) is 0 Å². The molecular formula is C22H17NO3S. The number of carbonyl (C=O) groups is 1. The third-order valence-electron chi connectivity index (χ3n) is 4.33. The highest BCUT2D eigenvalue weighted by atomic mass is 32.2. The number of hydrogen-bond donors (Lipinski definition) is 1. The Hall–Kier alpha value is -3.05. The van der Waals surface area contributed by atoms with Gasteiger partial charge in [-0.3, -0.25) is 4.79 Å². The molecule has 0 fully saturated rings. The van der Waals surface area contributed by atoms with E-state index in [0.717, 1.165) is 21.2 Å². The summed E-state index contributed by atoms with van der Waals surface area (Å²) in [4.78, 5) is 24.9. The summed E-state index contributed by atoms with van der Waals surface area (Å²) in [5.41, 5.74) is 1.54. The van der Waals surface area contributed by atoms with Gasteiger partial charge >= 0.3 is 5.63 Å². The molecule has 0 aliphatic carbocycles. The molecule has 4 nitrogen and oxygen atoms in total. The van der Waals surface area contributed by atoms with E-state index in [9.17, 15) is 9.59 Å². The van der Waals surface area contributed by atoms with Crippen LogP contribution in [0, 0.1) is 6.92 Å². The van der Waals surface area contributed by atoms with Crippen LogP contribution in [-0.4, -0.2) is 11.7 Å². The van der Waals surface area contributed by atoms with Crippen molar-refractivity contribution < 1.29 is 9.21 Å². The molecule has 0 saturated heterocycles. The van der Waals surface area contributed by atoms with Crippen LogP contribution in [0.5, 0.6) is 0 Å². The van der Waals surface area contributed by atoms with Crippen LogP contribution in [0.4, 0.5) is 5.69 Å². The molecule has 0 spiro atoms. The molecule has 3 aromatic carbocycles. The zero-order valence-corrected chi connectivity index (χ0v) is 15.5. The predicted octanol–water partition coefficient (Wildman–Crippen LogP) is 4.99. The molecule has 27 heavy (non-hydrogen) atoms. The van der Waals surface area contributed by atoms with Gasteiger partial charge in [-0.25, -0.2) is 4.79 Å². The fourth-order valence-corrected chi connectivity index (χ4v) is 3.75. The normalized spacial score (nSPS) is 11.0. The van der Waals surface area contributed by atoms with E-state index in [4.69, 9.17) is 4.42 Å². The quantitative estimate of drug-likeness (QED) is 0.403. The minimum absolute atomic E-state index is 0.109.